The number of nitro groups is 1. The smallest absolute Gasteiger partial charge is 0.273 e. The number of benzene rings is 1. The third-order valence-electron chi connectivity index (χ3n) is 2.80. The largest absolute Gasteiger partial charge is 0.334 e. The van der Waals surface area contributed by atoms with E-state index in [0.717, 1.165) is 6.54 Å². The van der Waals surface area contributed by atoms with Gasteiger partial charge in [0.2, 0.25) is 0 Å². The van der Waals surface area contributed by atoms with Crippen LogP contribution in [0.5, 0.6) is 0 Å². The molecule has 0 fully saturated rings. The van der Waals surface area contributed by atoms with Crippen molar-refractivity contribution in [1.82, 2.24) is 15.5 Å². The van der Waals surface area contributed by atoms with E-state index >= 15 is 0 Å². The minimum atomic E-state index is -0.420. The Morgan fingerprint density at radius 3 is 2.95 bits per heavy atom. The summed E-state index contributed by atoms with van der Waals surface area (Å²) in [6, 6.07) is 4.80. The van der Waals surface area contributed by atoms with Crippen molar-refractivity contribution < 1.29 is 9.45 Å². The quantitative estimate of drug-likeness (QED) is 0.651. The van der Waals surface area contributed by atoms with Gasteiger partial charge in [0, 0.05) is 30.2 Å². The van der Waals surface area contributed by atoms with E-state index in [1.807, 2.05) is 7.05 Å². The molecule has 1 heterocycles. The molecule has 0 aliphatic rings. The molecule has 0 radical (unpaired) electrons. The van der Waals surface area contributed by atoms with Crippen LogP contribution < -0.4 is 5.32 Å². The molecule has 0 atom stereocenters. The number of hydrogen-bond donors (Lipinski definition) is 1. The predicted molar refractivity (Wildman–Crippen MR) is 68.8 cm³/mol. The Morgan fingerprint density at radius 1 is 1.47 bits per heavy atom. The fraction of sp³-hybridized carbons (Fsp3) is 0.333. The third kappa shape index (κ3) is 2.76. The van der Waals surface area contributed by atoms with Crippen LogP contribution >= 0.6 is 0 Å². The van der Waals surface area contributed by atoms with Crippen LogP contribution in [0.2, 0.25) is 0 Å². The molecule has 1 aromatic heterocycles. The van der Waals surface area contributed by atoms with Gasteiger partial charge < -0.3 is 9.84 Å². The Hall–Kier alpha value is -2.28. The minimum Gasteiger partial charge on any atom is -0.334 e. The van der Waals surface area contributed by atoms with Crippen molar-refractivity contribution in [3.8, 4) is 11.5 Å². The average molecular weight is 262 g/mol. The molecule has 0 bridgehead atoms. The van der Waals surface area contributed by atoms with Gasteiger partial charge in [-0.15, -0.1) is 0 Å². The fourth-order valence-electron chi connectivity index (χ4n) is 1.75. The molecular weight excluding hydrogens is 248 g/mol. The second-order valence-electron chi connectivity index (χ2n) is 4.08. The van der Waals surface area contributed by atoms with E-state index in [1.54, 1.807) is 19.1 Å². The number of hydrogen-bond acceptors (Lipinski definition) is 6. The minimum absolute atomic E-state index is 0.0486. The third-order valence-corrected chi connectivity index (χ3v) is 2.80. The SMILES string of the molecule is CNCCc1noc(-c2cccc([N+](=O)[O-])c2C)n1. The highest BCUT2D eigenvalue weighted by atomic mass is 16.6. The van der Waals surface area contributed by atoms with Crippen LogP contribution in [0, 0.1) is 17.0 Å². The lowest BCUT2D eigenvalue weighted by Crippen LogP contribution is -2.11. The lowest BCUT2D eigenvalue weighted by Gasteiger charge is -2.00. The molecule has 1 N–H and O–H groups in total. The van der Waals surface area contributed by atoms with Gasteiger partial charge in [0.1, 0.15) is 0 Å². The number of likely N-dealkylation sites (N-methyl/N-ethyl adjacent to an activating group) is 1. The highest BCUT2D eigenvalue weighted by Crippen LogP contribution is 2.28. The van der Waals surface area contributed by atoms with Crippen LogP contribution in [0.4, 0.5) is 5.69 Å². The Morgan fingerprint density at radius 2 is 2.26 bits per heavy atom. The molecule has 0 saturated carbocycles. The number of nitrogens with zero attached hydrogens (tertiary/aromatic N) is 3. The molecule has 0 unspecified atom stereocenters. The van der Waals surface area contributed by atoms with E-state index in [0.29, 0.717) is 29.3 Å². The van der Waals surface area contributed by atoms with Gasteiger partial charge in [-0.3, -0.25) is 10.1 Å². The summed E-state index contributed by atoms with van der Waals surface area (Å²) in [5.41, 5.74) is 1.17. The van der Waals surface area contributed by atoms with Crippen molar-refractivity contribution in [1.29, 1.82) is 0 Å². The number of aromatic nitrogens is 2. The Labute approximate surface area is 109 Å². The maximum atomic E-state index is 10.9. The van der Waals surface area contributed by atoms with Gasteiger partial charge in [0.15, 0.2) is 5.82 Å². The molecule has 0 aliphatic carbocycles. The summed E-state index contributed by atoms with van der Waals surface area (Å²) in [6.45, 7) is 2.41. The summed E-state index contributed by atoms with van der Waals surface area (Å²) in [5, 5.41) is 17.7. The first-order valence-electron chi connectivity index (χ1n) is 5.85. The summed E-state index contributed by atoms with van der Waals surface area (Å²) >= 11 is 0. The zero-order chi connectivity index (χ0) is 13.8. The van der Waals surface area contributed by atoms with Crippen molar-refractivity contribution in [2.24, 2.45) is 0 Å². The topological polar surface area (TPSA) is 94.1 Å². The molecule has 2 rings (SSSR count). The van der Waals surface area contributed by atoms with Gasteiger partial charge in [-0.1, -0.05) is 11.2 Å². The van der Waals surface area contributed by atoms with Gasteiger partial charge in [-0.05, 0) is 20.0 Å². The van der Waals surface area contributed by atoms with Crippen molar-refractivity contribution >= 4 is 5.69 Å². The normalized spacial score (nSPS) is 10.6. The number of nitrogens with one attached hydrogen (secondary N) is 1. The van der Waals surface area contributed by atoms with Crippen LogP contribution in [0.15, 0.2) is 22.7 Å². The van der Waals surface area contributed by atoms with Gasteiger partial charge in [0.25, 0.3) is 11.6 Å². The highest BCUT2D eigenvalue weighted by Gasteiger charge is 2.18. The summed E-state index contributed by atoms with van der Waals surface area (Å²) in [6.07, 6.45) is 0.647. The van der Waals surface area contributed by atoms with Gasteiger partial charge in [-0.2, -0.15) is 4.98 Å². The Balaban J connectivity index is 2.34. The van der Waals surface area contributed by atoms with Crippen LogP contribution in [0.1, 0.15) is 11.4 Å². The van der Waals surface area contributed by atoms with Crippen LogP contribution in [0.25, 0.3) is 11.5 Å². The van der Waals surface area contributed by atoms with Crippen molar-refractivity contribution in [3.05, 3.63) is 39.7 Å². The van der Waals surface area contributed by atoms with Gasteiger partial charge in [0.05, 0.1) is 4.92 Å². The van der Waals surface area contributed by atoms with Crippen LogP contribution in [-0.4, -0.2) is 28.7 Å². The number of nitro benzene ring substituents is 1. The molecule has 19 heavy (non-hydrogen) atoms. The Kier molecular flexibility index (Phi) is 3.86. The average Bonchev–Trinajstić information content (AvgIpc) is 2.84. The zero-order valence-electron chi connectivity index (χ0n) is 10.7. The molecule has 0 aliphatic heterocycles. The van der Waals surface area contributed by atoms with E-state index in [4.69, 9.17) is 4.52 Å². The lowest BCUT2D eigenvalue weighted by atomic mass is 10.1. The molecule has 0 spiro atoms. The van der Waals surface area contributed by atoms with E-state index in [1.165, 1.54) is 6.07 Å². The second-order valence-corrected chi connectivity index (χ2v) is 4.08. The molecule has 7 nitrogen and oxygen atoms in total. The van der Waals surface area contributed by atoms with E-state index in [-0.39, 0.29) is 5.69 Å². The lowest BCUT2D eigenvalue weighted by molar-refractivity contribution is -0.385. The van der Waals surface area contributed by atoms with Gasteiger partial charge >= 0.3 is 0 Å². The first-order chi connectivity index (χ1) is 9.13. The van der Waals surface area contributed by atoms with Crippen molar-refractivity contribution in [2.75, 3.05) is 13.6 Å². The molecule has 2 aromatic rings. The summed E-state index contributed by atoms with van der Waals surface area (Å²) in [5.74, 6) is 0.891. The standard InChI is InChI=1S/C12H14N4O3/c1-8-9(4-3-5-10(8)16(17)18)12-14-11(15-19-12)6-7-13-2/h3-5,13H,6-7H2,1-2H3. The number of rotatable bonds is 5. The van der Waals surface area contributed by atoms with Gasteiger partial charge in [-0.25, -0.2) is 0 Å². The first kappa shape index (κ1) is 13.2. The Bertz CT molecular complexity index is 594. The molecular formula is C12H14N4O3. The second kappa shape index (κ2) is 5.57. The zero-order valence-corrected chi connectivity index (χ0v) is 10.7. The maximum Gasteiger partial charge on any atom is 0.273 e. The summed E-state index contributed by atoms with van der Waals surface area (Å²) < 4.78 is 5.15. The fourth-order valence-corrected chi connectivity index (χ4v) is 1.75. The monoisotopic (exact) mass is 262 g/mol. The van der Waals surface area contributed by atoms with Crippen LogP contribution in [0.3, 0.4) is 0 Å². The maximum absolute atomic E-state index is 10.9. The molecule has 100 valence electrons. The van der Waals surface area contributed by atoms with E-state index < -0.39 is 4.92 Å². The van der Waals surface area contributed by atoms with Crippen molar-refractivity contribution in [3.63, 3.8) is 0 Å². The highest BCUT2D eigenvalue weighted by molar-refractivity contribution is 5.64. The first-order valence-corrected chi connectivity index (χ1v) is 5.85. The molecule has 0 saturated heterocycles. The molecule has 1 aromatic carbocycles. The van der Waals surface area contributed by atoms with E-state index in [9.17, 15) is 10.1 Å². The van der Waals surface area contributed by atoms with E-state index in [2.05, 4.69) is 15.5 Å². The summed E-state index contributed by atoms with van der Waals surface area (Å²) in [4.78, 5) is 14.7. The van der Waals surface area contributed by atoms with Crippen LogP contribution in [-0.2, 0) is 6.42 Å². The summed E-state index contributed by atoms with van der Waals surface area (Å²) in [7, 11) is 1.84. The predicted octanol–water partition coefficient (Wildman–Crippen LogP) is 1.72. The molecule has 0 amide bonds. The van der Waals surface area contributed by atoms with Crippen molar-refractivity contribution in [2.45, 2.75) is 13.3 Å². The molecule has 7 heteroatoms.